The van der Waals surface area contributed by atoms with Crippen LogP contribution in [0.1, 0.15) is 36.9 Å². The van der Waals surface area contributed by atoms with E-state index in [1.807, 2.05) is 30.3 Å². The molecule has 0 radical (unpaired) electrons. The molecule has 0 aliphatic carbocycles. The molecule has 2 aromatic heterocycles. The number of piperidine rings is 1. The van der Waals surface area contributed by atoms with Gasteiger partial charge in [0, 0.05) is 28.5 Å². The first-order chi connectivity index (χ1) is 16.4. The van der Waals surface area contributed by atoms with Gasteiger partial charge in [-0.15, -0.1) is 0 Å². The predicted octanol–water partition coefficient (Wildman–Crippen LogP) is 3.79. The Bertz CT molecular complexity index is 1180. The van der Waals surface area contributed by atoms with Crippen LogP contribution in [-0.4, -0.2) is 63.8 Å². The van der Waals surface area contributed by atoms with E-state index in [1.54, 1.807) is 12.4 Å². The zero-order valence-corrected chi connectivity index (χ0v) is 20.0. The van der Waals surface area contributed by atoms with Crippen LogP contribution < -0.4 is 5.32 Å². The monoisotopic (exact) mass is 480 g/mol. The normalized spacial score (nSPS) is 23.9. The number of benzene rings is 1. The molecule has 0 bridgehead atoms. The molecule has 2 aliphatic rings. The van der Waals surface area contributed by atoms with E-state index in [2.05, 4.69) is 33.2 Å². The van der Waals surface area contributed by atoms with Crippen molar-refractivity contribution in [3.05, 3.63) is 65.1 Å². The lowest BCUT2D eigenvalue weighted by Gasteiger charge is -2.43. The molecule has 178 valence electrons. The molecular weight excluding hydrogens is 452 g/mol. The lowest BCUT2D eigenvalue weighted by molar-refractivity contribution is -0.115. The van der Waals surface area contributed by atoms with Gasteiger partial charge < -0.3 is 15.2 Å². The number of likely N-dealkylation sites (tertiary alicyclic amines) is 1. The zero-order chi connectivity index (χ0) is 23.7. The fourth-order valence-corrected chi connectivity index (χ4v) is 5.40. The van der Waals surface area contributed by atoms with Crippen molar-refractivity contribution in [2.24, 2.45) is 0 Å². The number of hydrogen-bond acceptors (Lipinski definition) is 6. The Labute approximate surface area is 204 Å². The van der Waals surface area contributed by atoms with E-state index in [0.717, 1.165) is 47.3 Å². The van der Waals surface area contributed by atoms with Crippen molar-refractivity contribution in [3.63, 3.8) is 0 Å². The fourth-order valence-electron chi connectivity index (χ4n) is 5.08. The minimum absolute atomic E-state index is 0.154. The first kappa shape index (κ1) is 23.2. The summed E-state index contributed by atoms with van der Waals surface area (Å²) in [6.07, 6.45) is 5.10. The SMILES string of the molecule is C[C@@]1(N2CCC(c3cc4cc(NC(=O)Cc5ccccn5)ncc4cc3Cl)CC2)COC[C@@H]1O. The molecule has 2 saturated heterocycles. The average molecular weight is 481 g/mol. The Morgan fingerprint density at radius 1 is 1.24 bits per heavy atom. The predicted molar refractivity (Wildman–Crippen MR) is 132 cm³/mol. The van der Waals surface area contributed by atoms with Crippen molar-refractivity contribution in [2.45, 2.75) is 43.7 Å². The number of anilines is 1. The Morgan fingerprint density at radius 2 is 2.06 bits per heavy atom. The minimum Gasteiger partial charge on any atom is -0.389 e. The molecule has 4 heterocycles. The standard InChI is InChI=1S/C26H29ClN4O3/c1-26(16-34-15-23(26)32)31-8-5-17(6-9-31)21-10-18-12-24(29-14-19(18)11-22(21)27)30-25(33)13-20-4-2-3-7-28-20/h2-4,7,10-12,14,17,23,32H,5-6,8-9,13,15-16H2,1H3,(H,29,30,33)/t23-,26+/m0/s1. The van der Waals surface area contributed by atoms with Crippen molar-refractivity contribution in [1.29, 1.82) is 0 Å². The molecule has 0 spiro atoms. The molecule has 5 rings (SSSR count). The number of pyridine rings is 2. The highest BCUT2D eigenvalue weighted by atomic mass is 35.5. The van der Waals surface area contributed by atoms with Gasteiger partial charge in [0.05, 0.1) is 31.3 Å². The summed E-state index contributed by atoms with van der Waals surface area (Å²) in [7, 11) is 0. The van der Waals surface area contributed by atoms with E-state index < -0.39 is 6.10 Å². The first-order valence-electron chi connectivity index (χ1n) is 11.7. The van der Waals surface area contributed by atoms with Crippen LogP contribution in [0.4, 0.5) is 5.82 Å². The number of carbonyl (C=O) groups is 1. The maximum atomic E-state index is 12.4. The summed E-state index contributed by atoms with van der Waals surface area (Å²) in [6.45, 7) is 4.84. The number of aliphatic hydroxyl groups excluding tert-OH is 1. The van der Waals surface area contributed by atoms with Gasteiger partial charge in [0.15, 0.2) is 0 Å². The van der Waals surface area contributed by atoms with Gasteiger partial charge in [0.2, 0.25) is 5.91 Å². The van der Waals surface area contributed by atoms with Crippen LogP contribution in [0.2, 0.25) is 5.02 Å². The van der Waals surface area contributed by atoms with Crippen LogP contribution in [0.15, 0.2) is 48.8 Å². The molecule has 1 amide bonds. The van der Waals surface area contributed by atoms with Crippen LogP contribution in [0.5, 0.6) is 0 Å². The van der Waals surface area contributed by atoms with Crippen LogP contribution in [-0.2, 0) is 16.0 Å². The van der Waals surface area contributed by atoms with Gasteiger partial charge in [-0.25, -0.2) is 4.98 Å². The van der Waals surface area contributed by atoms with Gasteiger partial charge in [-0.2, -0.15) is 0 Å². The number of rotatable bonds is 5. The molecule has 2 fully saturated rings. The molecule has 1 aromatic carbocycles. The molecule has 7 nitrogen and oxygen atoms in total. The topological polar surface area (TPSA) is 87.6 Å². The lowest BCUT2D eigenvalue weighted by atomic mass is 9.85. The number of halogens is 1. The van der Waals surface area contributed by atoms with Crippen molar-refractivity contribution in [3.8, 4) is 0 Å². The van der Waals surface area contributed by atoms with Crippen molar-refractivity contribution < 1.29 is 14.6 Å². The molecule has 3 aromatic rings. The van der Waals surface area contributed by atoms with E-state index in [9.17, 15) is 9.90 Å². The van der Waals surface area contributed by atoms with E-state index in [-0.39, 0.29) is 17.9 Å². The molecular formula is C26H29ClN4O3. The third-order valence-electron chi connectivity index (χ3n) is 7.22. The number of ether oxygens (including phenoxy) is 1. The summed E-state index contributed by atoms with van der Waals surface area (Å²) < 4.78 is 5.52. The Hall–Kier alpha value is -2.58. The maximum Gasteiger partial charge on any atom is 0.231 e. The highest BCUT2D eigenvalue weighted by Gasteiger charge is 2.45. The minimum atomic E-state index is -0.452. The summed E-state index contributed by atoms with van der Waals surface area (Å²) in [5, 5.41) is 15.9. The quantitative estimate of drug-likeness (QED) is 0.577. The van der Waals surface area contributed by atoms with Gasteiger partial charge in [-0.3, -0.25) is 14.7 Å². The van der Waals surface area contributed by atoms with Crippen molar-refractivity contribution >= 4 is 34.1 Å². The van der Waals surface area contributed by atoms with Gasteiger partial charge in [-0.05, 0) is 80.1 Å². The molecule has 34 heavy (non-hydrogen) atoms. The van der Waals surface area contributed by atoms with Gasteiger partial charge in [0.25, 0.3) is 0 Å². The van der Waals surface area contributed by atoms with Crippen molar-refractivity contribution in [2.75, 3.05) is 31.6 Å². The summed E-state index contributed by atoms with van der Waals surface area (Å²) >= 11 is 6.69. The molecule has 2 N–H and O–H groups in total. The number of nitrogens with zero attached hydrogens (tertiary/aromatic N) is 3. The number of fused-ring (bicyclic) bond motifs is 1. The smallest absolute Gasteiger partial charge is 0.231 e. The highest BCUT2D eigenvalue weighted by Crippen LogP contribution is 2.38. The third-order valence-corrected chi connectivity index (χ3v) is 7.54. The number of hydrogen-bond donors (Lipinski definition) is 2. The average Bonchev–Trinajstić information content (AvgIpc) is 3.18. The number of amides is 1. The summed E-state index contributed by atoms with van der Waals surface area (Å²) in [4.78, 5) is 23.4. The highest BCUT2D eigenvalue weighted by molar-refractivity contribution is 6.32. The Balaban J connectivity index is 1.30. The maximum absolute atomic E-state index is 12.4. The number of aliphatic hydroxyl groups is 1. The zero-order valence-electron chi connectivity index (χ0n) is 19.2. The lowest BCUT2D eigenvalue weighted by Crippen LogP contribution is -2.56. The number of nitrogens with one attached hydrogen (secondary N) is 1. The number of carbonyl (C=O) groups excluding carboxylic acids is 1. The molecule has 8 heteroatoms. The van der Waals surface area contributed by atoms with Crippen LogP contribution in [0.25, 0.3) is 10.8 Å². The first-order valence-corrected chi connectivity index (χ1v) is 12.1. The van der Waals surface area contributed by atoms with E-state index in [0.29, 0.717) is 30.6 Å². The largest absolute Gasteiger partial charge is 0.389 e. The molecule has 0 saturated carbocycles. The van der Waals surface area contributed by atoms with Crippen LogP contribution in [0.3, 0.4) is 0 Å². The van der Waals surface area contributed by atoms with Crippen LogP contribution >= 0.6 is 11.6 Å². The second kappa shape index (κ2) is 9.58. The summed E-state index contributed by atoms with van der Waals surface area (Å²) in [5.41, 5.74) is 1.53. The Kier molecular flexibility index (Phi) is 6.53. The van der Waals surface area contributed by atoms with Crippen LogP contribution in [0, 0.1) is 0 Å². The molecule has 0 unspecified atom stereocenters. The summed E-state index contributed by atoms with van der Waals surface area (Å²) in [5.74, 6) is 0.699. The van der Waals surface area contributed by atoms with E-state index in [4.69, 9.17) is 16.3 Å². The molecule has 2 atom stereocenters. The third kappa shape index (κ3) is 4.66. The number of aromatic nitrogens is 2. The fraction of sp³-hybridized carbons (Fsp3) is 0.423. The second-order valence-corrected chi connectivity index (χ2v) is 9.89. The van der Waals surface area contributed by atoms with Gasteiger partial charge >= 0.3 is 0 Å². The Morgan fingerprint density at radius 3 is 2.76 bits per heavy atom. The van der Waals surface area contributed by atoms with Gasteiger partial charge in [-0.1, -0.05) is 17.7 Å². The second-order valence-electron chi connectivity index (χ2n) is 9.49. The van der Waals surface area contributed by atoms with E-state index in [1.165, 1.54) is 0 Å². The molecule has 2 aliphatic heterocycles. The van der Waals surface area contributed by atoms with E-state index >= 15 is 0 Å². The van der Waals surface area contributed by atoms with Crippen molar-refractivity contribution in [1.82, 2.24) is 14.9 Å². The summed E-state index contributed by atoms with van der Waals surface area (Å²) in [6, 6.07) is 11.5. The van der Waals surface area contributed by atoms with Gasteiger partial charge in [0.1, 0.15) is 5.82 Å².